The predicted molar refractivity (Wildman–Crippen MR) is 68.1 cm³/mol. The first-order valence-electron chi connectivity index (χ1n) is 5.16. The topological polar surface area (TPSA) is 0 Å². The van der Waals surface area contributed by atoms with Crippen molar-refractivity contribution < 1.29 is 0 Å². The van der Waals surface area contributed by atoms with Crippen LogP contribution in [-0.4, -0.2) is 11.5 Å². The van der Waals surface area contributed by atoms with Crippen LogP contribution in [0.5, 0.6) is 0 Å². The minimum atomic E-state index is 0.679. The summed E-state index contributed by atoms with van der Waals surface area (Å²) in [6.07, 6.45) is 2.78. The van der Waals surface area contributed by atoms with E-state index in [0.717, 1.165) is 0 Å². The fourth-order valence-electron chi connectivity index (χ4n) is 1.55. The lowest BCUT2D eigenvalue weighted by molar-refractivity contribution is 0.912. The number of rotatable bonds is 1. The van der Waals surface area contributed by atoms with Crippen LogP contribution in [0.25, 0.3) is 0 Å². The van der Waals surface area contributed by atoms with E-state index in [1.807, 2.05) is 0 Å². The maximum Gasteiger partial charge on any atom is 0.0751 e. The van der Waals surface area contributed by atoms with Crippen LogP contribution in [0, 0.1) is 6.92 Å². The molecule has 1 fully saturated rings. The minimum absolute atomic E-state index is 0.679. The van der Waals surface area contributed by atoms with Gasteiger partial charge < -0.3 is 0 Å². The molecule has 0 nitrogen and oxygen atoms in total. The fraction of sp³-hybridized carbons (Fsp3) is 0.500. The maximum absolute atomic E-state index is 2.28. The van der Waals surface area contributed by atoms with Gasteiger partial charge in [0.25, 0.3) is 0 Å². The Morgan fingerprint density at radius 3 is 2.14 bits per heavy atom. The largest absolute Gasteiger partial charge is 0.143 e. The van der Waals surface area contributed by atoms with Crippen LogP contribution >= 0.6 is 23.5 Å². The Hall–Kier alpha value is -0.0800. The van der Waals surface area contributed by atoms with Gasteiger partial charge in [0.15, 0.2) is 0 Å². The zero-order valence-electron chi connectivity index (χ0n) is 8.53. The normalized spacial score (nSPS) is 19.2. The molecule has 0 atom stereocenters. The monoisotopic (exact) mass is 224 g/mol. The van der Waals surface area contributed by atoms with Crippen LogP contribution in [-0.2, 0) is 0 Å². The molecule has 1 aliphatic rings. The Labute approximate surface area is 94.9 Å². The average molecular weight is 224 g/mol. The minimum Gasteiger partial charge on any atom is -0.143 e. The van der Waals surface area contributed by atoms with Crippen molar-refractivity contribution in [2.24, 2.45) is 0 Å². The van der Waals surface area contributed by atoms with E-state index in [1.54, 1.807) is 0 Å². The summed E-state index contributed by atoms with van der Waals surface area (Å²) in [5.41, 5.74) is 2.85. The van der Waals surface area contributed by atoms with E-state index >= 15 is 0 Å². The Bertz CT molecular complexity index is 271. The lowest BCUT2D eigenvalue weighted by Crippen LogP contribution is -1.89. The van der Waals surface area contributed by atoms with Gasteiger partial charge in [-0.15, -0.1) is 23.5 Å². The molecule has 1 aromatic rings. The summed E-state index contributed by atoms with van der Waals surface area (Å²) in [7, 11) is 0. The quantitative estimate of drug-likeness (QED) is 0.699. The van der Waals surface area contributed by atoms with Crippen molar-refractivity contribution in [1.29, 1.82) is 0 Å². The molecular weight excluding hydrogens is 208 g/mol. The average Bonchev–Trinajstić information content (AvgIpc) is 2.47. The number of thioether (sulfide) groups is 2. The highest BCUT2D eigenvalue weighted by atomic mass is 32.2. The van der Waals surface area contributed by atoms with Crippen LogP contribution in [0.3, 0.4) is 0 Å². The second-order valence-electron chi connectivity index (χ2n) is 3.69. The van der Waals surface area contributed by atoms with Gasteiger partial charge in [0.2, 0.25) is 0 Å². The summed E-state index contributed by atoms with van der Waals surface area (Å²) in [6, 6.07) is 9.01. The smallest absolute Gasteiger partial charge is 0.0751 e. The number of hydrogen-bond donors (Lipinski definition) is 0. The van der Waals surface area contributed by atoms with Crippen molar-refractivity contribution in [2.45, 2.75) is 24.3 Å². The first-order valence-corrected chi connectivity index (χ1v) is 7.26. The van der Waals surface area contributed by atoms with Gasteiger partial charge in [-0.3, -0.25) is 0 Å². The molecule has 14 heavy (non-hydrogen) atoms. The van der Waals surface area contributed by atoms with Crippen molar-refractivity contribution >= 4 is 23.5 Å². The van der Waals surface area contributed by atoms with E-state index in [-0.39, 0.29) is 0 Å². The Morgan fingerprint density at radius 2 is 1.57 bits per heavy atom. The molecule has 1 aromatic carbocycles. The summed E-state index contributed by atoms with van der Waals surface area (Å²) in [6.45, 7) is 2.15. The van der Waals surface area contributed by atoms with Crippen LogP contribution in [0.1, 0.15) is 28.6 Å². The first-order chi connectivity index (χ1) is 6.86. The zero-order valence-corrected chi connectivity index (χ0v) is 10.2. The molecule has 2 heteroatoms. The summed E-state index contributed by atoms with van der Waals surface area (Å²) in [4.78, 5) is 0. The van der Waals surface area contributed by atoms with Crippen LogP contribution < -0.4 is 0 Å². The third-order valence-electron chi connectivity index (χ3n) is 2.43. The Kier molecular flexibility index (Phi) is 3.82. The van der Waals surface area contributed by atoms with Gasteiger partial charge in [0.1, 0.15) is 0 Å². The molecule has 0 aromatic heterocycles. The fourth-order valence-corrected chi connectivity index (χ4v) is 4.38. The molecule has 1 saturated heterocycles. The summed E-state index contributed by atoms with van der Waals surface area (Å²) in [5, 5.41) is 0. The molecule has 0 unspecified atom stereocenters. The van der Waals surface area contributed by atoms with E-state index in [9.17, 15) is 0 Å². The number of aryl methyl sites for hydroxylation is 1. The van der Waals surface area contributed by atoms with Gasteiger partial charge in [-0.25, -0.2) is 0 Å². The van der Waals surface area contributed by atoms with Gasteiger partial charge in [-0.2, -0.15) is 0 Å². The Balaban J connectivity index is 2.08. The van der Waals surface area contributed by atoms with Crippen LogP contribution in [0.4, 0.5) is 0 Å². The molecule has 0 radical (unpaired) electrons. The molecule has 76 valence electrons. The third kappa shape index (κ3) is 2.71. The van der Waals surface area contributed by atoms with E-state index in [2.05, 4.69) is 54.7 Å². The lowest BCUT2D eigenvalue weighted by Gasteiger charge is -2.13. The van der Waals surface area contributed by atoms with Crippen LogP contribution in [0.2, 0.25) is 0 Å². The number of hydrogen-bond acceptors (Lipinski definition) is 2. The lowest BCUT2D eigenvalue weighted by atomic mass is 10.2. The van der Waals surface area contributed by atoms with Crippen molar-refractivity contribution in [1.82, 2.24) is 0 Å². The van der Waals surface area contributed by atoms with Gasteiger partial charge in [-0.05, 0) is 36.8 Å². The summed E-state index contributed by atoms with van der Waals surface area (Å²) < 4.78 is 0.679. The molecule has 0 saturated carbocycles. The highest BCUT2D eigenvalue weighted by Crippen LogP contribution is 2.42. The second-order valence-corrected chi connectivity index (χ2v) is 6.42. The number of benzene rings is 1. The molecule has 0 bridgehead atoms. The SMILES string of the molecule is Cc1ccc(C2SCCCCS2)cc1. The highest BCUT2D eigenvalue weighted by molar-refractivity contribution is 8.16. The molecule has 0 aliphatic carbocycles. The van der Waals surface area contributed by atoms with Gasteiger partial charge in [0.05, 0.1) is 4.58 Å². The molecule has 2 rings (SSSR count). The van der Waals surface area contributed by atoms with Crippen molar-refractivity contribution in [2.75, 3.05) is 11.5 Å². The summed E-state index contributed by atoms with van der Waals surface area (Å²) in [5.74, 6) is 2.65. The highest BCUT2D eigenvalue weighted by Gasteiger charge is 2.14. The molecule has 0 N–H and O–H groups in total. The molecule has 0 spiro atoms. The second kappa shape index (κ2) is 5.13. The van der Waals surface area contributed by atoms with E-state index in [1.165, 1.54) is 35.5 Å². The summed E-state index contributed by atoms with van der Waals surface area (Å²) >= 11 is 4.21. The molecule has 0 amide bonds. The zero-order chi connectivity index (χ0) is 9.80. The molecular formula is C12H16S2. The van der Waals surface area contributed by atoms with E-state index in [0.29, 0.717) is 4.58 Å². The standard InChI is InChI=1S/C12H16S2/c1-10-4-6-11(7-5-10)12-13-8-2-3-9-14-12/h4-7,12H,2-3,8-9H2,1H3. The van der Waals surface area contributed by atoms with Crippen LogP contribution in [0.15, 0.2) is 24.3 Å². The third-order valence-corrected chi connectivity index (χ3v) is 5.44. The van der Waals surface area contributed by atoms with E-state index < -0.39 is 0 Å². The van der Waals surface area contributed by atoms with E-state index in [4.69, 9.17) is 0 Å². The predicted octanol–water partition coefficient (Wildman–Crippen LogP) is 4.25. The van der Waals surface area contributed by atoms with Crippen molar-refractivity contribution in [3.05, 3.63) is 35.4 Å². The van der Waals surface area contributed by atoms with Crippen molar-refractivity contribution in [3.8, 4) is 0 Å². The first kappa shape index (κ1) is 10.4. The molecule has 1 heterocycles. The Morgan fingerprint density at radius 1 is 1.00 bits per heavy atom. The molecule has 1 aliphatic heterocycles. The van der Waals surface area contributed by atoms with Crippen molar-refractivity contribution in [3.63, 3.8) is 0 Å². The van der Waals surface area contributed by atoms with Gasteiger partial charge in [-0.1, -0.05) is 29.8 Å². The maximum atomic E-state index is 2.28. The van der Waals surface area contributed by atoms with Gasteiger partial charge in [0, 0.05) is 0 Å². The van der Waals surface area contributed by atoms with Gasteiger partial charge >= 0.3 is 0 Å².